The Bertz CT molecular complexity index is 668. The van der Waals surface area contributed by atoms with Crippen LogP contribution in [-0.2, 0) is 12.6 Å². The highest BCUT2D eigenvalue weighted by Gasteiger charge is 2.22. The molecule has 6 heteroatoms. The molecule has 0 fully saturated rings. The van der Waals surface area contributed by atoms with Gasteiger partial charge in [-0.3, -0.25) is 4.79 Å². The van der Waals surface area contributed by atoms with Crippen LogP contribution in [0.3, 0.4) is 0 Å². The van der Waals surface area contributed by atoms with Gasteiger partial charge in [-0.1, -0.05) is 41.9 Å². The number of aryl methyl sites for hydroxylation is 1. The number of nitrogens with one attached hydrogen (secondary N) is 1. The molecular weight excluding hydrogens is 290 g/mol. The van der Waals surface area contributed by atoms with Crippen molar-refractivity contribution in [1.29, 1.82) is 0 Å². The summed E-state index contributed by atoms with van der Waals surface area (Å²) in [6.07, 6.45) is 1.98. The third kappa shape index (κ3) is 3.62. The molecular formula is C15H18ClN3O2. The van der Waals surface area contributed by atoms with E-state index >= 15 is 0 Å². The quantitative estimate of drug-likeness (QED) is 0.888. The van der Waals surface area contributed by atoms with Crippen LogP contribution in [0.4, 0.5) is 5.69 Å². The fourth-order valence-electron chi connectivity index (χ4n) is 2.02. The van der Waals surface area contributed by atoms with Gasteiger partial charge in [0.15, 0.2) is 0 Å². The number of hydrogen-bond acceptors (Lipinski definition) is 4. The van der Waals surface area contributed by atoms with E-state index in [1.165, 1.54) is 17.9 Å². The number of hydrogen-bond donors (Lipinski definition) is 2. The second-order valence-electron chi connectivity index (χ2n) is 5.12. The molecule has 1 aromatic carbocycles. The highest BCUT2D eigenvalue weighted by molar-refractivity contribution is 6.32. The van der Waals surface area contributed by atoms with Crippen molar-refractivity contribution in [2.45, 2.75) is 18.9 Å². The van der Waals surface area contributed by atoms with Gasteiger partial charge in [0, 0.05) is 13.6 Å². The predicted octanol–water partition coefficient (Wildman–Crippen LogP) is 2.14. The fraction of sp³-hybridized carbons (Fsp3) is 0.333. The number of halogens is 1. The Morgan fingerprint density at radius 3 is 2.71 bits per heavy atom. The van der Waals surface area contributed by atoms with E-state index in [1.807, 2.05) is 30.3 Å². The van der Waals surface area contributed by atoms with Crippen LogP contribution in [0.15, 0.2) is 41.3 Å². The summed E-state index contributed by atoms with van der Waals surface area (Å²) in [5, 5.41) is 17.5. The highest BCUT2D eigenvalue weighted by atomic mass is 35.5. The smallest absolute Gasteiger partial charge is 0.287 e. The summed E-state index contributed by atoms with van der Waals surface area (Å²) >= 11 is 5.97. The molecule has 0 amide bonds. The summed E-state index contributed by atoms with van der Waals surface area (Å²) in [5.41, 5.74) is 0.0218. The first-order chi connectivity index (χ1) is 9.92. The van der Waals surface area contributed by atoms with Crippen LogP contribution in [0.2, 0.25) is 5.02 Å². The first-order valence-electron chi connectivity index (χ1n) is 6.65. The SMILES string of the molecule is Cn1ncc(NCCC(C)(O)c2ccccc2)c(Cl)c1=O. The molecule has 1 atom stereocenters. The maximum atomic E-state index is 11.7. The Morgan fingerprint density at radius 1 is 1.38 bits per heavy atom. The van der Waals surface area contributed by atoms with E-state index < -0.39 is 5.60 Å². The first-order valence-corrected chi connectivity index (χ1v) is 7.03. The molecule has 1 aromatic heterocycles. The van der Waals surface area contributed by atoms with E-state index in [2.05, 4.69) is 10.4 Å². The number of aromatic nitrogens is 2. The minimum Gasteiger partial charge on any atom is -0.385 e. The average Bonchev–Trinajstić information content (AvgIpc) is 2.48. The van der Waals surface area contributed by atoms with Crippen LogP contribution in [-0.4, -0.2) is 21.4 Å². The second kappa shape index (κ2) is 6.28. The zero-order chi connectivity index (χ0) is 15.5. The van der Waals surface area contributed by atoms with Gasteiger partial charge in [-0.2, -0.15) is 5.10 Å². The van der Waals surface area contributed by atoms with E-state index in [9.17, 15) is 9.90 Å². The third-order valence-corrected chi connectivity index (χ3v) is 3.77. The molecule has 0 aliphatic carbocycles. The van der Waals surface area contributed by atoms with E-state index in [-0.39, 0.29) is 10.6 Å². The van der Waals surface area contributed by atoms with Gasteiger partial charge in [0.25, 0.3) is 5.56 Å². The molecule has 2 aromatic rings. The molecule has 0 radical (unpaired) electrons. The van der Waals surface area contributed by atoms with E-state index in [0.717, 1.165) is 5.56 Å². The molecule has 0 aliphatic heterocycles. The van der Waals surface area contributed by atoms with Gasteiger partial charge < -0.3 is 10.4 Å². The summed E-state index contributed by atoms with van der Waals surface area (Å²) in [6.45, 7) is 2.23. The number of benzene rings is 1. The van der Waals surface area contributed by atoms with Gasteiger partial charge >= 0.3 is 0 Å². The Balaban J connectivity index is 2.02. The lowest BCUT2D eigenvalue weighted by molar-refractivity contribution is 0.0515. The van der Waals surface area contributed by atoms with Crippen LogP contribution < -0.4 is 10.9 Å². The van der Waals surface area contributed by atoms with Crippen molar-refractivity contribution < 1.29 is 5.11 Å². The normalized spacial score (nSPS) is 13.7. The van der Waals surface area contributed by atoms with Crippen molar-refractivity contribution in [3.05, 3.63) is 57.5 Å². The van der Waals surface area contributed by atoms with Crippen molar-refractivity contribution in [3.63, 3.8) is 0 Å². The van der Waals surface area contributed by atoms with Crippen molar-refractivity contribution in [3.8, 4) is 0 Å². The lowest BCUT2D eigenvalue weighted by atomic mass is 9.93. The molecule has 0 bridgehead atoms. The summed E-state index contributed by atoms with van der Waals surface area (Å²) in [5.74, 6) is 0. The average molecular weight is 308 g/mol. The van der Waals surface area contributed by atoms with Crippen LogP contribution in [0.1, 0.15) is 18.9 Å². The van der Waals surface area contributed by atoms with Gasteiger partial charge in [-0.15, -0.1) is 0 Å². The highest BCUT2D eigenvalue weighted by Crippen LogP contribution is 2.24. The summed E-state index contributed by atoms with van der Waals surface area (Å²) < 4.78 is 1.17. The van der Waals surface area contributed by atoms with Gasteiger partial charge in [-0.05, 0) is 18.9 Å². The van der Waals surface area contributed by atoms with E-state index in [0.29, 0.717) is 18.7 Å². The molecule has 0 saturated carbocycles. The molecule has 1 heterocycles. The third-order valence-electron chi connectivity index (χ3n) is 3.40. The van der Waals surface area contributed by atoms with Gasteiger partial charge in [0.05, 0.1) is 17.5 Å². The van der Waals surface area contributed by atoms with Crippen LogP contribution in [0.5, 0.6) is 0 Å². The zero-order valence-electron chi connectivity index (χ0n) is 12.0. The van der Waals surface area contributed by atoms with Crippen LogP contribution in [0.25, 0.3) is 0 Å². The molecule has 5 nitrogen and oxygen atoms in total. The Kier molecular flexibility index (Phi) is 4.65. The molecule has 0 aliphatic rings. The largest absolute Gasteiger partial charge is 0.385 e. The van der Waals surface area contributed by atoms with Crippen molar-refractivity contribution >= 4 is 17.3 Å². The Labute approximate surface area is 128 Å². The maximum absolute atomic E-state index is 11.7. The van der Waals surface area contributed by atoms with Crippen molar-refractivity contribution in [1.82, 2.24) is 9.78 Å². The lowest BCUT2D eigenvalue weighted by Crippen LogP contribution is -2.26. The molecule has 2 N–H and O–H groups in total. The number of rotatable bonds is 5. The molecule has 21 heavy (non-hydrogen) atoms. The maximum Gasteiger partial charge on any atom is 0.287 e. The topological polar surface area (TPSA) is 67.2 Å². The van der Waals surface area contributed by atoms with Crippen LogP contribution >= 0.6 is 11.6 Å². The Hall–Kier alpha value is -1.85. The number of anilines is 1. The molecule has 1 unspecified atom stereocenters. The van der Waals surface area contributed by atoms with Crippen molar-refractivity contribution in [2.75, 3.05) is 11.9 Å². The lowest BCUT2D eigenvalue weighted by Gasteiger charge is -2.24. The number of nitrogens with zero attached hydrogens (tertiary/aromatic N) is 2. The molecule has 0 spiro atoms. The molecule has 2 rings (SSSR count). The Morgan fingerprint density at radius 2 is 2.05 bits per heavy atom. The van der Waals surface area contributed by atoms with Crippen molar-refractivity contribution in [2.24, 2.45) is 7.05 Å². The van der Waals surface area contributed by atoms with Gasteiger partial charge in [0.2, 0.25) is 0 Å². The monoisotopic (exact) mass is 307 g/mol. The molecule has 0 saturated heterocycles. The van der Waals surface area contributed by atoms with Gasteiger partial charge in [-0.25, -0.2) is 4.68 Å². The van der Waals surface area contributed by atoms with E-state index in [4.69, 9.17) is 11.6 Å². The second-order valence-corrected chi connectivity index (χ2v) is 5.50. The summed E-state index contributed by atoms with van der Waals surface area (Å²) in [4.78, 5) is 11.7. The molecule has 112 valence electrons. The number of aliphatic hydroxyl groups is 1. The van der Waals surface area contributed by atoms with E-state index in [1.54, 1.807) is 6.92 Å². The fourth-order valence-corrected chi connectivity index (χ4v) is 2.25. The minimum atomic E-state index is -0.950. The van der Waals surface area contributed by atoms with Crippen LogP contribution in [0, 0.1) is 0 Å². The standard InChI is InChI=1S/C15H18ClN3O2/c1-15(21,11-6-4-3-5-7-11)8-9-17-12-10-18-19(2)14(20)13(12)16/h3-7,10,17,21H,8-9H2,1-2H3. The zero-order valence-corrected chi connectivity index (χ0v) is 12.8. The summed E-state index contributed by atoms with van der Waals surface area (Å²) in [7, 11) is 1.54. The summed E-state index contributed by atoms with van der Waals surface area (Å²) in [6, 6.07) is 9.44. The first kappa shape index (κ1) is 15.5. The van der Waals surface area contributed by atoms with Gasteiger partial charge in [0.1, 0.15) is 5.02 Å². The minimum absolute atomic E-state index is 0.104. The predicted molar refractivity (Wildman–Crippen MR) is 83.6 cm³/mol.